The molecule has 0 spiro atoms. The van der Waals surface area contributed by atoms with Crippen LogP contribution >= 0.6 is 0 Å². The number of rotatable bonds is 6. The van der Waals surface area contributed by atoms with Crippen LogP contribution < -0.4 is 5.32 Å². The van der Waals surface area contributed by atoms with Crippen LogP contribution in [-0.2, 0) is 4.74 Å². The average Bonchev–Trinajstić information content (AvgIpc) is 2.92. The average molecular weight is 287 g/mol. The van der Waals surface area contributed by atoms with E-state index in [0.29, 0.717) is 25.6 Å². The highest BCUT2D eigenvalue weighted by molar-refractivity contribution is 5.23. The van der Waals surface area contributed by atoms with Gasteiger partial charge in [-0.1, -0.05) is 6.92 Å². The highest BCUT2D eigenvalue weighted by atomic mass is 19.2. The maximum atomic E-state index is 13.9. The monoisotopic (exact) mass is 287 g/mol. The zero-order valence-corrected chi connectivity index (χ0v) is 11.6. The molecule has 2 rings (SSSR count). The molecule has 2 nitrogen and oxygen atoms in total. The van der Waals surface area contributed by atoms with Crippen molar-refractivity contribution in [2.75, 3.05) is 13.2 Å². The molecule has 1 aromatic rings. The van der Waals surface area contributed by atoms with E-state index in [-0.39, 0.29) is 17.7 Å². The normalized spacial score (nSPS) is 20.3. The van der Waals surface area contributed by atoms with Crippen LogP contribution in [0.15, 0.2) is 12.1 Å². The van der Waals surface area contributed by atoms with Crippen molar-refractivity contribution >= 4 is 0 Å². The number of ether oxygens (including phenoxy) is 1. The number of halogens is 3. The quantitative estimate of drug-likeness (QED) is 0.805. The van der Waals surface area contributed by atoms with Crippen LogP contribution in [0.4, 0.5) is 13.2 Å². The molecule has 2 atom stereocenters. The molecule has 1 fully saturated rings. The van der Waals surface area contributed by atoms with Crippen LogP contribution in [0, 0.1) is 17.5 Å². The van der Waals surface area contributed by atoms with E-state index in [1.807, 2.05) is 6.92 Å². The summed E-state index contributed by atoms with van der Waals surface area (Å²) >= 11 is 0. The Hall–Kier alpha value is -1.07. The summed E-state index contributed by atoms with van der Waals surface area (Å²) < 4.78 is 45.8. The second-order valence-corrected chi connectivity index (χ2v) is 5.17. The Kier molecular flexibility index (Phi) is 5.43. The minimum atomic E-state index is -1.15. The predicted octanol–water partition coefficient (Wildman–Crippen LogP) is 3.71. The van der Waals surface area contributed by atoms with Gasteiger partial charge in [-0.15, -0.1) is 0 Å². The van der Waals surface area contributed by atoms with E-state index in [2.05, 4.69) is 5.32 Å². The summed E-state index contributed by atoms with van der Waals surface area (Å²) in [4.78, 5) is 0. The third-order valence-electron chi connectivity index (χ3n) is 3.58. The van der Waals surface area contributed by atoms with Crippen molar-refractivity contribution < 1.29 is 17.9 Å². The molecule has 0 aromatic heterocycles. The zero-order valence-electron chi connectivity index (χ0n) is 11.6. The number of hydrogen-bond acceptors (Lipinski definition) is 2. The molecule has 20 heavy (non-hydrogen) atoms. The summed E-state index contributed by atoms with van der Waals surface area (Å²) in [6.07, 6.45) is 3.42. The van der Waals surface area contributed by atoms with Crippen molar-refractivity contribution in [3.05, 3.63) is 35.1 Å². The summed E-state index contributed by atoms with van der Waals surface area (Å²) in [6, 6.07) is 1.21. The maximum absolute atomic E-state index is 13.9. The molecule has 5 heteroatoms. The molecule has 1 aliphatic rings. The van der Waals surface area contributed by atoms with Gasteiger partial charge in [0, 0.05) is 24.3 Å². The van der Waals surface area contributed by atoms with E-state index in [9.17, 15) is 13.2 Å². The third-order valence-corrected chi connectivity index (χ3v) is 3.58. The number of hydrogen-bond donors (Lipinski definition) is 1. The molecular formula is C15H20F3NO. The molecule has 0 bridgehead atoms. The molecule has 1 heterocycles. The van der Waals surface area contributed by atoms with Crippen LogP contribution in [0.25, 0.3) is 0 Å². The lowest BCUT2D eigenvalue weighted by molar-refractivity contribution is 0.0941. The van der Waals surface area contributed by atoms with Crippen LogP contribution in [0.2, 0.25) is 0 Å². The molecule has 0 amide bonds. The third kappa shape index (κ3) is 3.73. The Morgan fingerprint density at radius 1 is 1.25 bits per heavy atom. The van der Waals surface area contributed by atoms with Gasteiger partial charge in [-0.25, -0.2) is 13.2 Å². The van der Waals surface area contributed by atoms with E-state index < -0.39 is 17.5 Å². The van der Waals surface area contributed by atoms with E-state index in [0.717, 1.165) is 25.3 Å². The fraction of sp³-hybridized carbons (Fsp3) is 0.600. The van der Waals surface area contributed by atoms with Crippen molar-refractivity contribution in [1.29, 1.82) is 0 Å². The summed E-state index contributed by atoms with van der Waals surface area (Å²) in [6.45, 7) is 3.40. The molecule has 0 radical (unpaired) electrons. The minimum absolute atomic E-state index is 0.0527. The van der Waals surface area contributed by atoms with Crippen molar-refractivity contribution in [3.8, 4) is 0 Å². The lowest BCUT2D eigenvalue weighted by atomic mass is 9.98. The van der Waals surface area contributed by atoms with E-state index in [1.165, 1.54) is 0 Å². The van der Waals surface area contributed by atoms with Gasteiger partial charge in [0.05, 0.1) is 6.10 Å². The maximum Gasteiger partial charge on any atom is 0.161 e. The first-order valence-electron chi connectivity index (χ1n) is 7.11. The Morgan fingerprint density at radius 2 is 2.00 bits per heavy atom. The lowest BCUT2D eigenvalue weighted by Crippen LogP contribution is -2.27. The zero-order chi connectivity index (χ0) is 14.5. The van der Waals surface area contributed by atoms with Crippen LogP contribution in [0.1, 0.15) is 44.2 Å². The van der Waals surface area contributed by atoms with Gasteiger partial charge in [0.1, 0.15) is 5.82 Å². The smallest absolute Gasteiger partial charge is 0.161 e. The molecule has 2 unspecified atom stereocenters. The molecule has 1 N–H and O–H groups in total. The van der Waals surface area contributed by atoms with Crippen LogP contribution in [0.5, 0.6) is 0 Å². The Balaban J connectivity index is 2.18. The van der Waals surface area contributed by atoms with Crippen LogP contribution in [0.3, 0.4) is 0 Å². The molecule has 1 aliphatic heterocycles. The first-order valence-corrected chi connectivity index (χ1v) is 7.11. The Labute approximate surface area is 117 Å². The molecule has 112 valence electrons. The standard InChI is InChI=1S/C15H20F3NO/c1-2-5-19-15(7-10-4-3-6-20-10)11-8-13(17)14(18)9-12(11)16/h8-10,15,19H,2-7H2,1H3. The minimum Gasteiger partial charge on any atom is -0.378 e. The molecule has 1 saturated heterocycles. The van der Waals surface area contributed by atoms with E-state index >= 15 is 0 Å². The SMILES string of the molecule is CCCNC(CC1CCCO1)c1cc(F)c(F)cc1F. The fourth-order valence-electron chi connectivity index (χ4n) is 2.54. The molecule has 1 aromatic carbocycles. The second kappa shape index (κ2) is 7.09. The molecule has 0 aliphatic carbocycles. The first-order chi connectivity index (χ1) is 9.61. The van der Waals surface area contributed by atoms with Gasteiger partial charge in [0.25, 0.3) is 0 Å². The molecule has 0 saturated carbocycles. The summed E-state index contributed by atoms with van der Waals surface area (Å²) in [7, 11) is 0. The van der Waals surface area contributed by atoms with Gasteiger partial charge in [-0.3, -0.25) is 0 Å². The van der Waals surface area contributed by atoms with E-state index in [4.69, 9.17) is 4.74 Å². The van der Waals surface area contributed by atoms with Gasteiger partial charge in [-0.05, 0) is 38.3 Å². The Bertz CT molecular complexity index is 447. The van der Waals surface area contributed by atoms with Crippen LogP contribution in [-0.4, -0.2) is 19.3 Å². The highest BCUT2D eigenvalue weighted by Gasteiger charge is 2.24. The topological polar surface area (TPSA) is 21.3 Å². The van der Waals surface area contributed by atoms with Gasteiger partial charge >= 0.3 is 0 Å². The number of nitrogens with one attached hydrogen (secondary N) is 1. The predicted molar refractivity (Wildman–Crippen MR) is 70.9 cm³/mol. The van der Waals surface area contributed by atoms with Gasteiger partial charge in [0.2, 0.25) is 0 Å². The summed E-state index contributed by atoms with van der Waals surface area (Å²) in [5.41, 5.74) is 0.174. The largest absolute Gasteiger partial charge is 0.378 e. The Morgan fingerprint density at radius 3 is 2.65 bits per heavy atom. The van der Waals surface area contributed by atoms with Crippen molar-refractivity contribution in [2.24, 2.45) is 0 Å². The lowest BCUT2D eigenvalue weighted by Gasteiger charge is -2.22. The van der Waals surface area contributed by atoms with E-state index in [1.54, 1.807) is 0 Å². The molecular weight excluding hydrogens is 267 g/mol. The number of benzene rings is 1. The van der Waals surface area contributed by atoms with Crippen molar-refractivity contribution in [3.63, 3.8) is 0 Å². The van der Waals surface area contributed by atoms with Gasteiger partial charge in [0.15, 0.2) is 11.6 Å². The van der Waals surface area contributed by atoms with Gasteiger partial charge in [-0.2, -0.15) is 0 Å². The summed E-state index contributed by atoms with van der Waals surface area (Å²) in [5, 5.41) is 3.19. The second-order valence-electron chi connectivity index (χ2n) is 5.17. The fourth-order valence-corrected chi connectivity index (χ4v) is 2.54. The highest BCUT2D eigenvalue weighted by Crippen LogP contribution is 2.28. The summed E-state index contributed by atoms with van der Waals surface area (Å²) in [5.74, 6) is -2.88. The first kappa shape index (κ1) is 15.3. The van der Waals surface area contributed by atoms with Crippen molar-refractivity contribution in [2.45, 2.75) is 44.8 Å². The van der Waals surface area contributed by atoms with Gasteiger partial charge < -0.3 is 10.1 Å². The van der Waals surface area contributed by atoms with Crippen molar-refractivity contribution in [1.82, 2.24) is 5.32 Å².